The quantitative estimate of drug-likeness (QED) is 0.839. The lowest BCUT2D eigenvalue weighted by atomic mass is 10.2. The van der Waals surface area contributed by atoms with Crippen LogP contribution in [0.2, 0.25) is 0 Å². The van der Waals surface area contributed by atoms with Gasteiger partial charge in [-0.05, 0) is 26.8 Å². The van der Waals surface area contributed by atoms with Crippen LogP contribution in [0.1, 0.15) is 31.8 Å². The highest BCUT2D eigenvalue weighted by atomic mass is 32.1. The highest BCUT2D eigenvalue weighted by Crippen LogP contribution is 2.18. The van der Waals surface area contributed by atoms with Crippen LogP contribution in [0.3, 0.4) is 0 Å². The molecule has 1 N–H and O–H groups in total. The lowest BCUT2D eigenvalue weighted by Gasteiger charge is -2.21. The van der Waals surface area contributed by atoms with Crippen LogP contribution in [-0.2, 0) is 6.54 Å². The van der Waals surface area contributed by atoms with Crippen molar-refractivity contribution in [1.82, 2.24) is 25.3 Å². The van der Waals surface area contributed by atoms with Crippen LogP contribution in [0.25, 0.3) is 0 Å². The SMILES string of the molecule is CCOc1nnc(CNC(C)C(C)n2cccn2)s1. The topological polar surface area (TPSA) is 64.9 Å². The van der Waals surface area contributed by atoms with Gasteiger partial charge in [0, 0.05) is 18.4 Å². The molecule has 0 fully saturated rings. The largest absolute Gasteiger partial charge is 0.469 e. The summed E-state index contributed by atoms with van der Waals surface area (Å²) in [5.41, 5.74) is 0. The van der Waals surface area contributed by atoms with Crippen LogP contribution in [0.4, 0.5) is 0 Å². The maximum absolute atomic E-state index is 5.30. The van der Waals surface area contributed by atoms with E-state index >= 15 is 0 Å². The van der Waals surface area contributed by atoms with Crippen molar-refractivity contribution in [2.75, 3.05) is 6.61 Å². The Bertz CT molecular complexity index is 484. The second kappa shape index (κ2) is 6.63. The second-order valence-electron chi connectivity index (χ2n) is 4.29. The molecule has 2 heterocycles. The summed E-state index contributed by atoms with van der Waals surface area (Å²) in [6.07, 6.45) is 3.77. The number of rotatable bonds is 7. The maximum Gasteiger partial charge on any atom is 0.294 e. The molecule has 0 aromatic carbocycles. The van der Waals surface area contributed by atoms with Gasteiger partial charge >= 0.3 is 0 Å². The van der Waals surface area contributed by atoms with Crippen LogP contribution in [0.15, 0.2) is 18.5 Å². The zero-order valence-electron chi connectivity index (χ0n) is 11.4. The minimum Gasteiger partial charge on any atom is -0.469 e. The first kappa shape index (κ1) is 14.0. The van der Waals surface area contributed by atoms with Gasteiger partial charge in [-0.15, -0.1) is 10.2 Å². The summed E-state index contributed by atoms with van der Waals surface area (Å²) in [5, 5.41) is 17.3. The van der Waals surface area contributed by atoms with Gasteiger partial charge in [-0.25, -0.2) is 0 Å². The number of aromatic nitrogens is 4. The van der Waals surface area contributed by atoms with E-state index in [1.165, 1.54) is 11.3 Å². The van der Waals surface area contributed by atoms with Crippen LogP contribution in [0.5, 0.6) is 5.19 Å². The van der Waals surface area contributed by atoms with Gasteiger partial charge in [-0.3, -0.25) is 4.68 Å². The van der Waals surface area contributed by atoms with Crippen LogP contribution in [-0.4, -0.2) is 32.6 Å². The third-order valence-corrected chi connectivity index (χ3v) is 3.79. The number of hydrogen-bond donors (Lipinski definition) is 1. The van der Waals surface area contributed by atoms with E-state index in [9.17, 15) is 0 Å². The molecule has 2 unspecified atom stereocenters. The van der Waals surface area contributed by atoms with E-state index in [1.54, 1.807) is 6.20 Å². The lowest BCUT2D eigenvalue weighted by molar-refractivity contribution is 0.335. The molecule has 0 bridgehead atoms. The van der Waals surface area contributed by atoms with Crippen LogP contribution >= 0.6 is 11.3 Å². The smallest absolute Gasteiger partial charge is 0.294 e. The average Bonchev–Trinajstić information content (AvgIpc) is 3.06. The van der Waals surface area contributed by atoms with Crippen molar-refractivity contribution < 1.29 is 4.74 Å². The fourth-order valence-corrected chi connectivity index (χ4v) is 2.36. The minimum absolute atomic E-state index is 0.286. The molecular formula is C12H19N5OS. The maximum atomic E-state index is 5.30. The summed E-state index contributed by atoms with van der Waals surface area (Å²) in [6.45, 7) is 7.52. The minimum atomic E-state index is 0.286. The molecule has 7 heteroatoms. The molecule has 0 radical (unpaired) electrons. The van der Waals surface area contributed by atoms with Gasteiger partial charge in [-0.1, -0.05) is 11.3 Å². The molecule has 0 amide bonds. The molecule has 6 nitrogen and oxygen atoms in total. The third-order valence-electron chi connectivity index (χ3n) is 2.96. The molecule has 0 aliphatic carbocycles. The summed E-state index contributed by atoms with van der Waals surface area (Å²) in [7, 11) is 0. The number of hydrogen-bond acceptors (Lipinski definition) is 6. The summed E-state index contributed by atoms with van der Waals surface area (Å²) < 4.78 is 7.25. The second-order valence-corrected chi connectivity index (χ2v) is 5.32. The highest BCUT2D eigenvalue weighted by molar-refractivity contribution is 7.13. The predicted molar refractivity (Wildman–Crippen MR) is 74.3 cm³/mol. The van der Waals surface area contributed by atoms with E-state index in [4.69, 9.17) is 4.74 Å². The third kappa shape index (κ3) is 3.74. The van der Waals surface area contributed by atoms with Crippen molar-refractivity contribution >= 4 is 11.3 Å². The van der Waals surface area contributed by atoms with Crippen LogP contribution < -0.4 is 10.1 Å². The van der Waals surface area contributed by atoms with Crippen molar-refractivity contribution in [3.05, 3.63) is 23.5 Å². The molecule has 0 spiro atoms. The molecule has 2 rings (SSSR count). The lowest BCUT2D eigenvalue weighted by Crippen LogP contribution is -2.33. The number of nitrogens with zero attached hydrogens (tertiary/aromatic N) is 4. The fraction of sp³-hybridized carbons (Fsp3) is 0.583. The predicted octanol–water partition coefficient (Wildman–Crippen LogP) is 1.87. The molecule has 2 atom stereocenters. The van der Waals surface area contributed by atoms with Crippen molar-refractivity contribution in [2.45, 2.75) is 39.4 Å². The number of nitrogens with one attached hydrogen (secondary N) is 1. The van der Waals surface area contributed by atoms with E-state index < -0.39 is 0 Å². The van der Waals surface area contributed by atoms with E-state index in [-0.39, 0.29) is 6.04 Å². The van der Waals surface area contributed by atoms with E-state index in [1.807, 2.05) is 23.9 Å². The van der Waals surface area contributed by atoms with Gasteiger partial charge in [0.15, 0.2) is 0 Å². The first-order valence-electron chi connectivity index (χ1n) is 6.38. The van der Waals surface area contributed by atoms with Gasteiger partial charge in [0.05, 0.1) is 19.2 Å². The molecule has 104 valence electrons. The molecule has 2 aromatic heterocycles. The summed E-state index contributed by atoms with van der Waals surface area (Å²) in [4.78, 5) is 0. The van der Waals surface area contributed by atoms with Crippen molar-refractivity contribution in [1.29, 1.82) is 0 Å². The monoisotopic (exact) mass is 281 g/mol. The Labute approximate surface area is 116 Å². The first-order valence-corrected chi connectivity index (χ1v) is 7.20. The first-order chi connectivity index (χ1) is 9.20. The Hall–Kier alpha value is -1.47. The molecular weight excluding hydrogens is 262 g/mol. The Morgan fingerprint density at radius 1 is 1.42 bits per heavy atom. The zero-order chi connectivity index (χ0) is 13.7. The molecule has 0 aliphatic heterocycles. The van der Waals surface area contributed by atoms with E-state index in [0.717, 1.165) is 5.01 Å². The average molecular weight is 281 g/mol. The summed E-state index contributed by atoms with van der Waals surface area (Å²) in [5.74, 6) is 0. The Morgan fingerprint density at radius 3 is 2.95 bits per heavy atom. The van der Waals surface area contributed by atoms with Gasteiger partial charge < -0.3 is 10.1 Å². The van der Waals surface area contributed by atoms with Crippen molar-refractivity contribution in [2.24, 2.45) is 0 Å². The van der Waals surface area contributed by atoms with E-state index in [2.05, 4.69) is 34.5 Å². The highest BCUT2D eigenvalue weighted by Gasteiger charge is 2.14. The van der Waals surface area contributed by atoms with Gasteiger partial charge in [0.1, 0.15) is 5.01 Å². The Balaban J connectivity index is 1.84. The molecule has 0 saturated carbocycles. The van der Waals surface area contributed by atoms with Crippen molar-refractivity contribution in [3.63, 3.8) is 0 Å². The zero-order valence-corrected chi connectivity index (χ0v) is 12.2. The van der Waals surface area contributed by atoms with Gasteiger partial charge in [-0.2, -0.15) is 5.10 Å². The van der Waals surface area contributed by atoms with Gasteiger partial charge in [0.25, 0.3) is 5.19 Å². The van der Waals surface area contributed by atoms with E-state index in [0.29, 0.717) is 24.4 Å². The van der Waals surface area contributed by atoms with Crippen LogP contribution in [0, 0.1) is 0 Å². The molecule has 2 aromatic rings. The molecule has 19 heavy (non-hydrogen) atoms. The normalized spacial score (nSPS) is 14.3. The molecule has 0 aliphatic rings. The summed E-state index contributed by atoms with van der Waals surface area (Å²) >= 11 is 1.48. The Morgan fingerprint density at radius 2 is 2.26 bits per heavy atom. The summed E-state index contributed by atoms with van der Waals surface area (Å²) in [6, 6.07) is 2.51. The fourth-order valence-electron chi connectivity index (χ4n) is 1.66. The standard InChI is InChI=1S/C12H19N5OS/c1-4-18-12-16-15-11(19-12)8-13-9(2)10(3)17-7-5-6-14-17/h5-7,9-10,13H,4,8H2,1-3H3. The van der Waals surface area contributed by atoms with Gasteiger partial charge in [0.2, 0.25) is 0 Å². The molecule has 0 saturated heterocycles. The number of ether oxygens (including phenoxy) is 1. The Kier molecular flexibility index (Phi) is 4.86. The van der Waals surface area contributed by atoms with Crippen molar-refractivity contribution in [3.8, 4) is 5.19 Å².